The molecule has 0 aliphatic carbocycles. The van der Waals surface area contributed by atoms with E-state index in [4.69, 9.17) is 13.9 Å². The van der Waals surface area contributed by atoms with Gasteiger partial charge in [-0.3, -0.25) is 4.79 Å². The highest BCUT2D eigenvalue weighted by Gasteiger charge is 2.34. The topological polar surface area (TPSA) is 51.9 Å². The van der Waals surface area contributed by atoms with E-state index in [2.05, 4.69) is 0 Å². The first-order valence-corrected chi connectivity index (χ1v) is 7.81. The van der Waals surface area contributed by atoms with Gasteiger partial charge >= 0.3 is 0 Å². The van der Waals surface area contributed by atoms with Crippen molar-refractivity contribution in [1.82, 2.24) is 4.90 Å². The number of likely N-dealkylation sites (tertiary alicyclic amines) is 1. The lowest BCUT2D eigenvalue weighted by Crippen LogP contribution is -2.56. The zero-order chi connectivity index (χ0) is 16.5. The molecule has 0 N–H and O–H groups in total. The van der Waals surface area contributed by atoms with Crippen molar-refractivity contribution in [3.8, 4) is 11.5 Å². The average Bonchev–Trinajstić information content (AvgIpc) is 3.01. The second kappa shape index (κ2) is 5.92. The van der Waals surface area contributed by atoms with E-state index in [1.165, 1.54) is 0 Å². The number of benzene rings is 2. The van der Waals surface area contributed by atoms with Crippen LogP contribution in [0.4, 0.5) is 0 Å². The standard InChI is InChI=1S/C19H17NO4/c1-22-14-6-4-7-15(10-14)23-16-11-20(12-16)19(21)18-9-13-5-2-3-8-17(13)24-18/h2-10,16H,11-12H2,1H3. The molecule has 0 bridgehead atoms. The van der Waals surface area contributed by atoms with E-state index in [-0.39, 0.29) is 12.0 Å². The molecule has 3 aromatic rings. The first-order valence-electron chi connectivity index (χ1n) is 7.81. The highest BCUT2D eigenvalue weighted by molar-refractivity contribution is 5.96. The van der Waals surface area contributed by atoms with E-state index in [0.717, 1.165) is 22.5 Å². The third-order valence-corrected chi connectivity index (χ3v) is 4.12. The van der Waals surface area contributed by atoms with Gasteiger partial charge in [0, 0.05) is 11.5 Å². The van der Waals surface area contributed by atoms with Crippen LogP contribution in [-0.4, -0.2) is 37.1 Å². The third-order valence-electron chi connectivity index (χ3n) is 4.12. The number of hydrogen-bond acceptors (Lipinski definition) is 4. The van der Waals surface area contributed by atoms with Gasteiger partial charge in [0.15, 0.2) is 5.76 Å². The van der Waals surface area contributed by atoms with Crippen molar-refractivity contribution in [3.05, 3.63) is 60.4 Å². The third kappa shape index (κ3) is 2.69. The molecule has 0 spiro atoms. The van der Waals surface area contributed by atoms with E-state index < -0.39 is 0 Å². The maximum atomic E-state index is 12.5. The van der Waals surface area contributed by atoms with Crippen molar-refractivity contribution in [1.29, 1.82) is 0 Å². The molecule has 2 aromatic carbocycles. The second-order valence-electron chi connectivity index (χ2n) is 5.78. The zero-order valence-electron chi connectivity index (χ0n) is 13.3. The Labute approximate surface area is 139 Å². The summed E-state index contributed by atoms with van der Waals surface area (Å²) < 4.78 is 16.7. The highest BCUT2D eigenvalue weighted by atomic mass is 16.5. The van der Waals surface area contributed by atoms with E-state index in [1.54, 1.807) is 18.1 Å². The molecule has 1 aromatic heterocycles. The van der Waals surface area contributed by atoms with E-state index in [0.29, 0.717) is 18.8 Å². The smallest absolute Gasteiger partial charge is 0.289 e. The molecule has 24 heavy (non-hydrogen) atoms. The van der Waals surface area contributed by atoms with Crippen LogP contribution in [-0.2, 0) is 0 Å². The largest absolute Gasteiger partial charge is 0.497 e. The van der Waals surface area contributed by atoms with Gasteiger partial charge in [-0.1, -0.05) is 24.3 Å². The minimum atomic E-state index is -0.100. The van der Waals surface area contributed by atoms with Crippen LogP contribution in [0.25, 0.3) is 11.0 Å². The average molecular weight is 323 g/mol. The van der Waals surface area contributed by atoms with Crippen molar-refractivity contribution in [3.63, 3.8) is 0 Å². The number of ether oxygens (including phenoxy) is 2. The lowest BCUT2D eigenvalue weighted by molar-refractivity contribution is 0.0156. The summed E-state index contributed by atoms with van der Waals surface area (Å²) in [7, 11) is 1.62. The fourth-order valence-electron chi connectivity index (χ4n) is 2.79. The quantitative estimate of drug-likeness (QED) is 0.739. The van der Waals surface area contributed by atoms with Gasteiger partial charge in [0.1, 0.15) is 23.2 Å². The molecule has 0 saturated carbocycles. The van der Waals surface area contributed by atoms with Crippen LogP contribution in [0.5, 0.6) is 11.5 Å². The number of carbonyl (C=O) groups excluding carboxylic acids is 1. The van der Waals surface area contributed by atoms with Crippen LogP contribution >= 0.6 is 0 Å². The summed E-state index contributed by atoms with van der Waals surface area (Å²) in [6.45, 7) is 1.10. The Balaban J connectivity index is 1.38. The van der Waals surface area contributed by atoms with Crippen LogP contribution in [0.15, 0.2) is 59.0 Å². The molecular weight excluding hydrogens is 306 g/mol. The Morgan fingerprint density at radius 1 is 1.08 bits per heavy atom. The maximum absolute atomic E-state index is 12.5. The predicted octanol–water partition coefficient (Wildman–Crippen LogP) is 3.34. The highest BCUT2D eigenvalue weighted by Crippen LogP contribution is 2.25. The van der Waals surface area contributed by atoms with Gasteiger partial charge in [0.2, 0.25) is 0 Å². The molecule has 1 aliphatic heterocycles. The SMILES string of the molecule is COc1cccc(OC2CN(C(=O)c3cc4ccccc4o3)C2)c1. The summed E-state index contributed by atoms with van der Waals surface area (Å²) in [5.74, 6) is 1.77. The van der Waals surface area contributed by atoms with Gasteiger partial charge in [-0.2, -0.15) is 0 Å². The number of para-hydroxylation sites is 1. The number of amides is 1. The summed E-state index contributed by atoms with van der Waals surface area (Å²) in [5.41, 5.74) is 0.727. The predicted molar refractivity (Wildman–Crippen MR) is 89.5 cm³/mol. The first kappa shape index (κ1) is 14.6. The molecule has 0 atom stereocenters. The Morgan fingerprint density at radius 3 is 2.67 bits per heavy atom. The first-order chi connectivity index (χ1) is 11.7. The van der Waals surface area contributed by atoms with Crippen LogP contribution in [0.2, 0.25) is 0 Å². The molecule has 1 saturated heterocycles. The normalized spacial score (nSPS) is 14.5. The molecule has 1 amide bonds. The minimum Gasteiger partial charge on any atom is -0.497 e. The van der Waals surface area contributed by atoms with Gasteiger partial charge in [0.25, 0.3) is 5.91 Å². The van der Waals surface area contributed by atoms with Crippen molar-refractivity contribution < 1.29 is 18.7 Å². The number of fused-ring (bicyclic) bond motifs is 1. The summed E-state index contributed by atoms with van der Waals surface area (Å²) >= 11 is 0. The van der Waals surface area contributed by atoms with Crippen LogP contribution in [0.1, 0.15) is 10.6 Å². The molecule has 2 heterocycles. The second-order valence-corrected chi connectivity index (χ2v) is 5.78. The molecule has 5 heteroatoms. The molecule has 4 rings (SSSR count). The lowest BCUT2D eigenvalue weighted by atomic mass is 10.1. The van der Waals surface area contributed by atoms with E-state index in [9.17, 15) is 4.79 Å². The molecule has 1 fully saturated rings. The fourth-order valence-corrected chi connectivity index (χ4v) is 2.79. The van der Waals surface area contributed by atoms with Crippen LogP contribution in [0.3, 0.4) is 0 Å². The van der Waals surface area contributed by atoms with Crippen molar-refractivity contribution >= 4 is 16.9 Å². The van der Waals surface area contributed by atoms with Gasteiger partial charge in [-0.25, -0.2) is 0 Å². The maximum Gasteiger partial charge on any atom is 0.289 e. The Kier molecular flexibility index (Phi) is 3.61. The van der Waals surface area contributed by atoms with Gasteiger partial charge < -0.3 is 18.8 Å². The number of nitrogens with zero attached hydrogens (tertiary/aromatic N) is 1. The summed E-state index contributed by atoms with van der Waals surface area (Å²) in [4.78, 5) is 14.2. The van der Waals surface area contributed by atoms with Gasteiger partial charge in [-0.15, -0.1) is 0 Å². The molecule has 5 nitrogen and oxygen atoms in total. The van der Waals surface area contributed by atoms with Crippen LogP contribution in [0, 0.1) is 0 Å². The Hall–Kier alpha value is -2.95. The Morgan fingerprint density at radius 2 is 1.88 bits per heavy atom. The molecule has 122 valence electrons. The van der Waals surface area contributed by atoms with E-state index >= 15 is 0 Å². The van der Waals surface area contributed by atoms with Crippen molar-refractivity contribution in [2.24, 2.45) is 0 Å². The fraction of sp³-hybridized carbons (Fsp3) is 0.211. The number of rotatable bonds is 4. The van der Waals surface area contributed by atoms with Crippen molar-refractivity contribution in [2.45, 2.75) is 6.10 Å². The molecule has 1 aliphatic rings. The molecular formula is C19H17NO4. The number of hydrogen-bond donors (Lipinski definition) is 0. The molecule has 0 unspecified atom stereocenters. The summed E-state index contributed by atoms with van der Waals surface area (Å²) in [6, 6.07) is 16.9. The number of methoxy groups -OCH3 is 1. The van der Waals surface area contributed by atoms with E-state index in [1.807, 2.05) is 48.5 Å². The summed E-state index contributed by atoms with van der Waals surface area (Å²) in [6.07, 6.45) is -0.00886. The Bertz CT molecular complexity index is 847. The van der Waals surface area contributed by atoms with Gasteiger partial charge in [0.05, 0.1) is 20.2 Å². The lowest BCUT2D eigenvalue weighted by Gasteiger charge is -2.38. The minimum absolute atomic E-state index is 0.00886. The van der Waals surface area contributed by atoms with Crippen molar-refractivity contribution in [2.75, 3.05) is 20.2 Å². The summed E-state index contributed by atoms with van der Waals surface area (Å²) in [5, 5.41) is 0.936. The van der Waals surface area contributed by atoms with Gasteiger partial charge in [-0.05, 0) is 24.3 Å². The monoisotopic (exact) mass is 323 g/mol. The zero-order valence-corrected chi connectivity index (χ0v) is 13.3. The number of carbonyl (C=O) groups is 1. The molecule has 0 radical (unpaired) electrons. The van der Waals surface area contributed by atoms with Crippen LogP contribution < -0.4 is 9.47 Å². The number of furan rings is 1.